The molecule has 1 fully saturated rings. The van der Waals surface area contributed by atoms with Crippen LogP contribution in [0.15, 0.2) is 60.7 Å². The Morgan fingerprint density at radius 1 is 1.00 bits per heavy atom. The standard InChI is InChI=1S/C29H30N4O3/c1-32-27(30-23-11-12-24(29(34)35)31-28(23)32)18-33-16-14-19(15-17-33)21-8-5-9-26-22(21)10-13-25(36-26)20-6-3-2-4-7-20/h2-9,11-12,19,25H,10,13-18H2,1H3,(H,34,35). The molecule has 1 unspecified atom stereocenters. The summed E-state index contributed by atoms with van der Waals surface area (Å²) in [5, 5.41) is 9.25. The van der Waals surface area contributed by atoms with E-state index in [1.807, 2.05) is 17.7 Å². The van der Waals surface area contributed by atoms with Crippen LogP contribution in [-0.4, -0.2) is 43.6 Å². The van der Waals surface area contributed by atoms with Crippen molar-refractivity contribution in [3.63, 3.8) is 0 Å². The molecule has 2 aliphatic rings. The Bertz CT molecular complexity index is 1410. The highest BCUT2D eigenvalue weighted by molar-refractivity contribution is 5.88. The van der Waals surface area contributed by atoms with Gasteiger partial charge in [0.1, 0.15) is 23.2 Å². The Kier molecular flexibility index (Phi) is 5.93. The number of carbonyl (C=O) groups is 1. The summed E-state index contributed by atoms with van der Waals surface area (Å²) in [7, 11) is 1.91. The van der Waals surface area contributed by atoms with Crippen LogP contribution in [0.3, 0.4) is 0 Å². The molecule has 6 rings (SSSR count). The summed E-state index contributed by atoms with van der Waals surface area (Å²) in [6, 6.07) is 20.3. The van der Waals surface area contributed by atoms with Crippen LogP contribution in [0.1, 0.15) is 64.3 Å². The van der Waals surface area contributed by atoms with Crippen LogP contribution < -0.4 is 4.74 Å². The highest BCUT2D eigenvalue weighted by Crippen LogP contribution is 2.41. The molecule has 184 valence electrons. The van der Waals surface area contributed by atoms with E-state index in [1.165, 1.54) is 22.8 Å². The zero-order valence-electron chi connectivity index (χ0n) is 20.4. The Balaban J connectivity index is 1.13. The molecule has 36 heavy (non-hydrogen) atoms. The molecule has 0 bridgehead atoms. The third kappa shape index (κ3) is 4.24. The number of hydrogen-bond acceptors (Lipinski definition) is 5. The first-order valence-electron chi connectivity index (χ1n) is 12.7. The second-order valence-electron chi connectivity index (χ2n) is 9.86. The molecule has 0 amide bonds. The number of benzene rings is 2. The number of pyridine rings is 1. The van der Waals surface area contributed by atoms with Crippen molar-refractivity contribution >= 4 is 17.1 Å². The molecule has 0 aliphatic carbocycles. The number of ether oxygens (including phenoxy) is 1. The highest BCUT2D eigenvalue weighted by atomic mass is 16.5. The highest BCUT2D eigenvalue weighted by Gasteiger charge is 2.28. The molecule has 0 spiro atoms. The van der Waals surface area contributed by atoms with E-state index >= 15 is 0 Å². The fourth-order valence-corrected chi connectivity index (χ4v) is 5.71. The van der Waals surface area contributed by atoms with Crippen LogP contribution in [0, 0.1) is 0 Å². The average Bonchev–Trinajstić information content (AvgIpc) is 3.23. The Morgan fingerprint density at radius 2 is 1.81 bits per heavy atom. The number of hydrogen-bond donors (Lipinski definition) is 1. The summed E-state index contributed by atoms with van der Waals surface area (Å²) < 4.78 is 8.37. The summed E-state index contributed by atoms with van der Waals surface area (Å²) in [5.41, 5.74) is 5.48. The molecule has 2 aromatic heterocycles. The van der Waals surface area contributed by atoms with E-state index < -0.39 is 5.97 Å². The maximum absolute atomic E-state index is 11.3. The molecule has 1 saturated heterocycles. The minimum absolute atomic E-state index is 0.0446. The van der Waals surface area contributed by atoms with Crippen LogP contribution in [0.4, 0.5) is 0 Å². The van der Waals surface area contributed by atoms with Crippen LogP contribution in [0.2, 0.25) is 0 Å². The van der Waals surface area contributed by atoms with Gasteiger partial charge in [0.15, 0.2) is 11.3 Å². The number of aromatic carboxylic acids is 1. The van der Waals surface area contributed by atoms with Crippen LogP contribution in [-0.2, 0) is 20.0 Å². The second-order valence-corrected chi connectivity index (χ2v) is 9.86. The molecule has 4 aromatic rings. The van der Waals surface area contributed by atoms with Gasteiger partial charge in [-0.1, -0.05) is 42.5 Å². The molecular formula is C29H30N4O3. The average molecular weight is 483 g/mol. The molecule has 0 radical (unpaired) electrons. The summed E-state index contributed by atoms with van der Waals surface area (Å²) >= 11 is 0. The normalized spacial score (nSPS) is 18.6. The van der Waals surface area contributed by atoms with Gasteiger partial charge in [0, 0.05) is 7.05 Å². The molecule has 4 heterocycles. The number of rotatable bonds is 5. The van der Waals surface area contributed by atoms with Gasteiger partial charge in [-0.3, -0.25) is 4.90 Å². The molecule has 7 heteroatoms. The van der Waals surface area contributed by atoms with E-state index in [2.05, 4.69) is 52.3 Å². The lowest BCUT2D eigenvalue weighted by Crippen LogP contribution is -2.33. The van der Waals surface area contributed by atoms with Crippen molar-refractivity contribution in [3.05, 3.63) is 88.9 Å². The van der Waals surface area contributed by atoms with E-state index in [-0.39, 0.29) is 11.8 Å². The van der Waals surface area contributed by atoms with E-state index in [4.69, 9.17) is 9.72 Å². The SMILES string of the molecule is Cn1c(CN2CCC(c3cccc4c3CCC(c3ccccc3)O4)CC2)nc2ccc(C(=O)O)nc21. The lowest BCUT2D eigenvalue weighted by molar-refractivity contribution is 0.0691. The van der Waals surface area contributed by atoms with E-state index in [0.29, 0.717) is 11.6 Å². The zero-order chi connectivity index (χ0) is 24.6. The number of aromatic nitrogens is 3. The largest absolute Gasteiger partial charge is 0.485 e. The number of fused-ring (bicyclic) bond motifs is 2. The first-order valence-corrected chi connectivity index (χ1v) is 12.7. The maximum atomic E-state index is 11.3. The van der Waals surface area contributed by atoms with Crippen molar-refractivity contribution in [3.8, 4) is 5.75 Å². The van der Waals surface area contributed by atoms with Crippen LogP contribution in [0.25, 0.3) is 11.2 Å². The minimum atomic E-state index is -1.02. The van der Waals surface area contributed by atoms with Gasteiger partial charge in [-0.2, -0.15) is 0 Å². The molecule has 7 nitrogen and oxygen atoms in total. The predicted octanol–water partition coefficient (Wildman–Crippen LogP) is 5.11. The molecule has 0 saturated carbocycles. The summed E-state index contributed by atoms with van der Waals surface area (Å²) in [6.07, 6.45) is 4.40. The first kappa shape index (κ1) is 22.7. The smallest absolute Gasteiger partial charge is 0.354 e. The van der Waals surface area contributed by atoms with Gasteiger partial charge in [0.05, 0.1) is 6.54 Å². The Labute approximate surface area is 210 Å². The summed E-state index contributed by atoms with van der Waals surface area (Å²) in [5.74, 6) is 1.47. The fourth-order valence-electron chi connectivity index (χ4n) is 5.71. The zero-order valence-corrected chi connectivity index (χ0v) is 20.4. The fraction of sp³-hybridized carbons (Fsp3) is 0.345. The van der Waals surface area contributed by atoms with Crippen molar-refractivity contribution in [1.82, 2.24) is 19.4 Å². The van der Waals surface area contributed by atoms with Gasteiger partial charge in [-0.25, -0.2) is 14.8 Å². The van der Waals surface area contributed by atoms with Crippen molar-refractivity contribution in [2.75, 3.05) is 13.1 Å². The molecule has 1 N–H and O–H groups in total. The number of imidazole rings is 1. The maximum Gasteiger partial charge on any atom is 0.354 e. The van der Waals surface area contributed by atoms with Gasteiger partial charge in [0.2, 0.25) is 0 Å². The summed E-state index contributed by atoms with van der Waals surface area (Å²) in [4.78, 5) is 22.7. The quantitative estimate of drug-likeness (QED) is 0.426. The third-order valence-electron chi connectivity index (χ3n) is 7.69. The van der Waals surface area contributed by atoms with Gasteiger partial charge >= 0.3 is 5.97 Å². The minimum Gasteiger partial charge on any atom is -0.485 e. The summed E-state index contributed by atoms with van der Waals surface area (Å²) in [6.45, 7) is 2.73. The topological polar surface area (TPSA) is 80.5 Å². The first-order chi connectivity index (χ1) is 17.6. The Morgan fingerprint density at radius 3 is 2.58 bits per heavy atom. The number of carboxylic acids is 1. The van der Waals surface area contributed by atoms with Gasteiger partial charge in [-0.05, 0) is 79.6 Å². The van der Waals surface area contributed by atoms with Crippen LogP contribution in [0.5, 0.6) is 5.75 Å². The third-order valence-corrected chi connectivity index (χ3v) is 7.69. The van der Waals surface area contributed by atoms with Crippen molar-refractivity contribution in [1.29, 1.82) is 0 Å². The van der Waals surface area contributed by atoms with E-state index in [9.17, 15) is 9.90 Å². The van der Waals surface area contributed by atoms with E-state index in [0.717, 1.165) is 62.4 Å². The Hall–Kier alpha value is -3.71. The molecule has 2 aromatic carbocycles. The molecule has 2 aliphatic heterocycles. The number of nitrogens with zero attached hydrogens (tertiary/aromatic N) is 4. The van der Waals surface area contributed by atoms with Crippen molar-refractivity contribution < 1.29 is 14.6 Å². The lowest BCUT2D eigenvalue weighted by atomic mass is 9.83. The van der Waals surface area contributed by atoms with Crippen molar-refractivity contribution in [2.45, 2.75) is 44.2 Å². The number of aryl methyl sites for hydroxylation is 1. The predicted molar refractivity (Wildman–Crippen MR) is 137 cm³/mol. The van der Waals surface area contributed by atoms with Gasteiger partial charge in [-0.15, -0.1) is 0 Å². The molecule has 1 atom stereocenters. The van der Waals surface area contributed by atoms with Gasteiger partial charge in [0.25, 0.3) is 0 Å². The lowest BCUT2D eigenvalue weighted by Gasteiger charge is -2.34. The van der Waals surface area contributed by atoms with Crippen LogP contribution >= 0.6 is 0 Å². The number of carboxylic acid groups (broad SMARTS) is 1. The number of piperidine rings is 1. The molecular weight excluding hydrogens is 452 g/mol. The van der Waals surface area contributed by atoms with Gasteiger partial charge < -0.3 is 14.4 Å². The second kappa shape index (κ2) is 9.39. The van der Waals surface area contributed by atoms with Crippen molar-refractivity contribution in [2.24, 2.45) is 7.05 Å². The van der Waals surface area contributed by atoms with E-state index in [1.54, 1.807) is 6.07 Å². The number of likely N-dealkylation sites (tertiary alicyclic amines) is 1. The monoisotopic (exact) mass is 482 g/mol.